The fourth-order valence-electron chi connectivity index (χ4n) is 1.01. The third kappa shape index (κ3) is 2.31. The fourth-order valence-corrected chi connectivity index (χ4v) is 1.01. The first-order valence-corrected chi connectivity index (χ1v) is 3.48. The lowest BCUT2D eigenvalue weighted by molar-refractivity contribution is -0.944. The SMILES string of the molecule is CC[N+]1(C)CCC1.CF. The summed E-state index contributed by atoms with van der Waals surface area (Å²) in [5, 5.41) is 0. The van der Waals surface area contributed by atoms with Gasteiger partial charge in [0.25, 0.3) is 0 Å². The second kappa shape index (κ2) is 3.83. The lowest BCUT2D eigenvalue weighted by atomic mass is 10.2. The highest BCUT2D eigenvalue weighted by molar-refractivity contribution is 4.48. The van der Waals surface area contributed by atoms with Gasteiger partial charge in [-0.1, -0.05) is 0 Å². The first kappa shape index (κ1) is 8.89. The average Bonchev–Trinajstić information content (AvgIpc) is 1.88. The van der Waals surface area contributed by atoms with Gasteiger partial charge in [-0.15, -0.1) is 0 Å². The van der Waals surface area contributed by atoms with Crippen LogP contribution in [0.4, 0.5) is 4.39 Å². The molecule has 0 saturated carbocycles. The van der Waals surface area contributed by atoms with Crippen molar-refractivity contribution in [3.05, 3.63) is 0 Å². The zero-order valence-corrected chi connectivity index (χ0v) is 6.65. The van der Waals surface area contributed by atoms with Crippen LogP contribution in [0.15, 0.2) is 0 Å². The highest BCUT2D eigenvalue weighted by Crippen LogP contribution is 2.14. The third-order valence-corrected chi connectivity index (χ3v) is 2.16. The summed E-state index contributed by atoms with van der Waals surface area (Å²) in [5.41, 5.74) is 0. The molecule has 0 spiro atoms. The molecule has 56 valence electrons. The van der Waals surface area contributed by atoms with Crippen molar-refractivity contribution in [2.24, 2.45) is 0 Å². The Hall–Kier alpha value is -0.110. The zero-order valence-electron chi connectivity index (χ0n) is 6.65. The van der Waals surface area contributed by atoms with Crippen LogP contribution in [0.25, 0.3) is 0 Å². The van der Waals surface area contributed by atoms with E-state index in [1.807, 2.05) is 0 Å². The predicted molar refractivity (Wildman–Crippen MR) is 38.1 cm³/mol. The molecule has 1 fully saturated rings. The van der Waals surface area contributed by atoms with Crippen LogP contribution in [0.5, 0.6) is 0 Å². The molecule has 9 heavy (non-hydrogen) atoms. The quantitative estimate of drug-likeness (QED) is 0.476. The third-order valence-electron chi connectivity index (χ3n) is 2.16. The van der Waals surface area contributed by atoms with Gasteiger partial charge in [0.05, 0.1) is 33.9 Å². The molecule has 1 heterocycles. The molecule has 0 amide bonds. The number of rotatable bonds is 1. The van der Waals surface area contributed by atoms with Crippen molar-refractivity contribution in [1.29, 1.82) is 0 Å². The van der Waals surface area contributed by atoms with E-state index in [0.29, 0.717) is 7.18 Å². The molecular weight excluding hydrogens is 117 g/mol. The smallest absolute Gasteiger partial charge is 0.0838 e. The lowest BCUT2D eigenvalue weighted by Crippen LogP contribution is -2.54. The molecule has 0 aliphatic carbocycles. The highest BCUT2D eigenvalue weighted by atomic mass is 19.1. The van der Waals surface area contributed by atoms with Crippen LogP contribution < -0.4 is 0 Å². The van der Waals surface area contributed by atoms with Crippen molar-refractivity contribution in [2.75, 3.05) is 33.9 Å². The van der Waals surface area contributed by atoms with Crippen LogP contribution in [-0.2, 0) is 0 Å². The van der Waals surface area contributed by atoms with Crippen LogP contribution in [0.2, 0.25) is 0 Å². The normalized spacial score (nSPS) is 21.3. The molecule has 0 aromatic carbocycles. The average molecular weight is 134 g/mol. The summed E-state index contributed by atoms with van der Waals surface area (Å²) < 4.78 is 10.8. The van der Waals surface area contributed by atoms with E-state index in [2.05, 4.69) is 14.0 Å². The molecule has 0 bridgehead atoms. The van der Waals surface area contributed by atoms with Gasteiger partial charge in [-0.25, -0.2) is 0 Å². The van der Waals surface area contributed by atoms with E-state index in [1.165, 1.54) is 30.5 Å². The Morgan fingerprint density at radius 1 is 1.33 bits per heavy atom. The van der Waals surface area contributed by atoms with Gasteiger partial charge in [0.15, 0.2) is 0 Å². The van der Waals surface area contributed by atoms with Gasteiger partial charge < -0.3 is 4.48 Å². The van der Waals surface area contributed by atoms with Crippen LogP contribution in [0.1, 0.15) is 13.3 Å². The summed E-state index contributed by atoms with van der Waals surface area (Å²) in [4.78, 5) is 0. The second-order valence-electron chi connectivity index (χ2n) is 2.74. The molecule has 1 nitrogen and oxygen atoms in total. The van der Waals surface area contributed by atoms with Gasteiger partial charge in [0.1, 0.15) is 0 Å². The largest absolute Gasteiger partial charge is 0.326 e. The molecule has 0 unspecified atom stereocenters. The molecule has 1 aliphatic rings. The summed E-state index contributed by atoms with van der Waals surface area (Å²) in [7, 11) is 2.82. The Bertz CT molecular complexity index is 63.8. The van der Waals surface area contributed by atoms with Crippen molar-refractivity contribution in [3.63, 3.8) is 0 Å². The summed E-state index contributed by atoms with van der Waals surface area (Å²) in [5.74, 6) is 0. The van der Waals surface area contributed by atoms with E-state index in [1.54, 1.807) is 0 Å². The Morgan fingerprint density at radius 2 is 1.78 bits per heavy atom. The van der Waals surface area contributed by atoms with Gasteiger partial charge in [0.2, 0.25) is 0 Å². The van der Waals surface area contributed by atoms with Gasteiger partial charge in [-0.05, 0) is 6.92 Å². The van der Waals surface area contributed by atoms with E-state index in [0.717, 1.165) is 0 Å². The Balaban J connectivity index is 0.000000291. The van der Waals surface area contributed by atoms with Gasteiger partial charge in [0, 0.05) is 6.42 Å². The van der Waals surface area contributed by atoms with Gasteiger partial charge in [-0.3, -0.25) is 4.39 Å². The van der Waals surface area contributed by atoms with Crippen molar-refractivity contribution in [3.8, 4) is 0 Å². The molecule has 1 rings (SSSR count). The number of quaternary nitrogens is 1. The number of hydrogen-bond acceptors (Lipinski definition) is 0. The van der Waals surface area contributed by atoms with Crippen LogP contribution in [0.3, 0.4) is 0 Å². The summed E-state index contributed by atoms with van der Waals surface area (Å²) in [6.07, 6.45) is 1.45. The first-order valence-electron chi connectivity index (χ1n) is 3.48. The molecule has 2 heteroatoms. The van der Waals surface area contributed by atoms with Crippen LogP contribution >= 0.6 is 0 Å². The zero-order chi connectivity index (χ0) is 7.33. The monoisotopic (exact) mass is 134 g/mol. The minimum atomic E-state index is 0.500. The molecule has 1 aliphatic heterocycles. The van der Waals surface area contributed by atoms with E-state index < -0.39 is 0 Å². The maximum Gasteiger partial charge on any atom is 0.0838 e. The predicted octanol–water partition coefficient (Wildman–Crippen LogP) is 1.44. The number of nitrogens with zero attached hydrogens (tertiary/aromatic N) is 1. The van der Waals surface area contributed by atoms with Crippen molar-refractivity contribution in [2.45, 2.75) is 13.3 Å². The molecular formula is C7H17FN+. The van der Waals surface area contributed by atoms with Crippen molar-refractivity contribution >= 4 is 0 Å². The molecule has 0 aromatic heterocycles. The van der Waals surface area contributed by atoms with Crippen LogP contribution in [-0.4, -0.2) is 38.3 Å². The Labute approximate surface area is 57.1 Å². The van der Waals surface area contributed by atoms with E-state index in [-0.39, 0.29) is 0 Å². The molecule has 0 aromatic rings. The molecule has 0 radical (unpaired) electrons. The Kier molecular flexibility index (Phi) is 3.78. The summed E-state index contributed by atoms with van der Waals surface area (Å²) in [6.45, 7) is 6.41. The van der Waals surface area contributed by atoms with Gasteiger partial charge >= 0.3 is 0 Å². The number of hydrogen-bond donors (Lipinski definition) is 0. The van der Waals surface area contributed by atoms with Crippen molar-refractivity contribution in [1.82, 2.24) is 0 Å². The fraction of sp³-hybridized carbons (Fsp3) is 1.00. The standard InChI is InChI=1S/C6H14N.CH3F/c1-3-7(2)5-4-6-7;1-2/h3-6H2,1-2H3;1H3/q+1;. The maximum absolute atomic E-state index is 9.50. The minimum Gasteiger partial charge on any atom is -0.326 e. The topological polar surface area (TPSA) is 0 Å². The minimum absolute atomic E-state index is 0.500. The molecule has 0 N–H and O–H groups in total. The van der Waals surface area contributed by atoms with Crippen molar-refractivity contribution < 1.29 is 8.87 Å². The maximum atomic E-state index is 9.50. The van der Waals surface area contributed by atoms with Gasteiger partial charge in [-0.2, -0.15) is 0 Å². The first-order chi connectivity index (χ1) is 4.27. The highest BCUT2D eigenvalue weighted by Gasteiger charge is 2.27. The number of halogens is 1. The Morgan fingerprint density at radius 3 is 1.78 bits per heavy atom. The van der Waals surface area contributed by atoms with E-state index in [9.17, 15) is 4.39 Å². The van der Waals surface area contributed by atoms with Crippen LogP contribution in [0, 0.1) is 0 Å². The van der Waals surface area contributed by atoms with E-state index in [4.69, 9.17) is 0 Å². The molecule has 1 saturated heterocycles. The lowest BCUT2D eigenvalue weighted by Gasteiger charge is -2.41. The second-order valence-corrected chi connectivity index (χ2v) is 2.74. The molecule has 0 atom stereocenters. The number of likely N-dealkylation sites (tertiary alicyclic amines) is 1. The van der Waals surface area contributed by atoms with E-state index >= 15 is 0 Å². The summed E-state index contributed by atoms with van der Waals surface area (Å²) in [6, 6.07) is 0. The summed E-state index contributed by atoms with van der Waals surface area (Å²) >= 11 is 0. The number of alkyl halides is 1.